The van der Waals surface area contributed by atoms with E-state index in [1.54, 1.807) is 6.07 Å². The molecule has 2 rings (SSSR count). The highest BCUT2D eigenvalue weighted by molar-refractivity contribution is 5.53. The molecule has 5 nitrogen and oxygen atoms in total. The Kier molecular flexibility index (Phi) is 4.25. The Hall–Kier alpha value is -1.49. The third kappa shape index (κ3) is 2.85. The van der Waals surface area contributed by atoms with E-state index in [-0.39, 0.29) is 6.61 Å². The summed E-state index contributed by atoms with van der Waals surface area (Å²) < 4.78 is 5.37. The first-order valence-electron chi connectivity index (χ1n) is 6.51. The van der Waals surface area contributed by atoms with Gasteiger partial charge >= 0.3 is 0 Å². The number of nitrogens with two attached hydrogens (primary N) is 1. The number of hydrogen-bond acceptors (Lipinski definition) is 5. The average Bonchev–Trinajstić information content (AvgIpc) is 2.81. The number of pyridine rings is 1. The van der Waals surface area contributed by atoms with Crippen molar-refractivity contribution in [3.63, 3.8) is 0 Å². The van der Waals surface area contributed by atoms with Crippen molar-refractivity contribution in [2.45, 2.75) is 32.2 Å². The molecule has 0 bridgehead atoms. The van der Waals surface area contributed by atoms with Gasteiger partial charge in [-0.25, -0.2) is 0 Å². The summed E-state index contributed by atoms with van der Waals surface area (Å²) in [6.45, 7) is 2.67. The Morgan fingerprint density at radius 1 is 1.50 bits per heavy atom. The number of nitrogens with one attached hydrogen (secondary N) is 1. The van der Waals surface area contributed by atoms with Crippen molar-refractivity contribution in [2.75, 3.05) is 24.3 Å². The molecule has 4 N–H and O–H groups in total. The lowest BCUT2D eigenvalue weighted by molar-refractivity contribution is 0.222. The van der Waals surface area contributed by atoms with Crippen LogP contribution in [0.1, 0.15) is 26.2 Å². The minimum Gasteiger partial charge on any atom is -0.476 e. The molecule has 2 unspecified atom stereocenters. The molecular weight excluding hydrogens is 230 g/mol. The van der Waals surface area contributed by atoms with Crippen LogP contribution in [0.3, 0.4) is 0 Å². The Morgan fingerprint density at radius 3 is 3.06 bits per heavy atom. The predicted octanol–water partition coefficient (Wildman–Crippen LogP) is 1.64. The zero-order chi connectivity index (χ0) is 13.0. The van der Waals surface area contributed by atoms with E-state index in [0.29, 0.717) is 30.1 Å². The highest BCUT2D eigenvalue weighted by atomic mass is 16.5. The molecule has 0 amide bonds. The molecule has 0 saturated heterocycles. The minimum atomic E-state index is 0.227. The average molecular weight is 251 g/mol. The molecule has 1 aromatic rings. The number of rotatable bonds is 5. The van der Waals surface area contributed by atoms with Crippen LogP contribution in [0.4, 0.5) is 11.5 Å². The third-order valence-electron chi connectivity index (χ3n) is 3.40. The van der Waals surface area contributed by atoms with Gasteiger partial charge in [-0.05, 0) is 31.9 Å². The van der Waals surface area contributed by atoms with E-state index < -0.39 is 0 Å². The summed E-state index contributed by atoms with van der Waals surface area (Å²) in [5.74, 6) is 1.55. The zero-order valence-electron chi connectivity index (χ0n) is 10.7. The van der Waals surface area contributed by atoms with Crippen LogP contribution in [0.5, 0.6) is 5.88 Å². The molecule has 18 heavy (non-hydrogen) atoms. The number of aromatic nitrogens is 1. The van der Waals surface area contributed by atoms with Crippen LogP contribution in [0.25, 0.3) is 0 Å². The second kappa shape index (κ2) is 5.91. The van der Waals surface area contributed by atoms with Gasteiger partial charge in [0.25, 0.3) is 0 Å². The van der Waals surface area contributed by atoms with Crippen LogP contribution < -0.4 is 15.8 Å². The topological polar surface area (TPSA) is 80.4 Å². The van der Waals surface area contributed by atoms with Gasteiger partial charge in [0.05, 0.1) is 12.3 Å². The molecular formula is C13H21N3O2. The van der Waals surface area contributed by atoms with E-state index in [1.165, 1.54) is 0 Å². The van der Waals surface area contributed by atoms with E-state index in [0.717, 1.165) is 25.1 Å². The van der Waals surface area contributed by atoms with Crippen molar-refractivity contribution in [3.8, 4) is 5.88 Å². The second-order valence-corrected chi connectivity index (χ2v) is 4.65. The summed E-state index contributed by atoms with van der Waals surface area (Å²) in [5, 5.41) is 12.7. The van der Waals surface area contributed by atoms with Gasteiger partial charge in [0.2, 0.25) is 5.88 Å². The molecule has 2 atom stereocenters. The number of nitrogens with zero attached hydrogens (tertiary/aromatic N) is 1. The van der Waals surface area contributed by atoms with E-state index in [4.69, 9.17) is 10.5 Å². The number of aliphatic hydroxyl groups excluding tert-OH is 1. The van der Waals surface area contributed by atoms with Crippen LogP contribution >= 0.6 is 0 Å². The maximum atomic E-state index is 9.29. The van der Waals surface area contributed by atoms with Gasteiger partial charge in [-0.2, -0.15) is 4.98 Å². The van der Waals surface area contributed by atoms with E-state index in [1.807, 2.05) is 13.0 Å². The Bertz CT molecular complexity index is 398. The number of aliphatic hydroxyl groups is 1. The van der Waals surface area contributed by atoms with Gasteiger partial charge in [-0.1, -0.05) is 6.42 Å². The molecule has 1 aliphatic carbocycles. The molecule has 0 radical (unpaired) electrons. The molecule has 1 saturated carbocycles. The quantitative estimate of drug-likeness (QED) is 0.741. The smallest absolute Gasteiger partial charge is 0.239 e. The summed E-state index contributed by atoms with van der Waals surface area (Å²) in [7, 11) is 0. The molecule has 100 valence electrons. The summed E-state index contributed by atoms with van der Waals surface area (Å²) in [6.07, 6.45) is 3.29. The van der Waals surface area contributed by atoms with Crippen LogP contribution in [-0.2, 0) is 0 Å². The fourth-order valence-corrected chi connectivity index (χ4v) is 2.42. The van der Waals surface area contributed by atoms with Gasteiger partial charge in [-0.3, -0.25) is 0 Å². The van der Waals surface area contributed by atoms with Crippen LogP contribution in [0, 0.1) is 5.92 Å². The Labute approximate surface area is 107 Å². The van der Waals surface area contributed by atoms with Gasteiger partial charge in [0.1, 0.15) is 5.82 Å². The maximum Gasteiger partial charge on any atom is 0.239 e. The van der Waals surface area contributed by atoms with E-state index in [9.17, 15) is 5.11 Å². The first-order chi connectivity index (χ1) is 8.74. The number of ether oxygens (including phenoxy) is 1. The van der Waals surface area contributed by atoms with Gasteiger partial charge in [0, 0.05) is 18.6 Å². The molecule has 1 aromatic heterocycles. The van der Waals surface area contributed by atoms with E-state index >= 15 is 0 Å². The van der Waals surface area contributed by atoms with Crippen molar-refractivity contribution < 1.29 is 9.84 Å². The Morgan fingerprint density at radius 2 is 2.33 bits per heavy atom. The monoisotopic (exact) mass is 251 g/mol. The lowest BCUT2D eigenvalue weighted by Gasteiger charge is -2.20. The SMILES string of the molecule is CCOc1nc(NC2CCCC2CO)ccc1N. The van der Waals surface area contributed by atoms with Crippen molar-refractivity contribution in [1.29, 1.82) is 0 Å². The van der Waals surface area contributed by atoms with Crippen molar-refractivity contribution in [2.24, 2.45) is 5.92 Å². The normalized spacial score (nSPS) is 23.0. The fourth-order valence-electron chi connectivity index (χ4n) is 2.42. The fraction of sp³-hybridized carbons (Fsp3) is 0.615. The summed E-state index contributed by atoms with van der Waals surface area (Å²) >= 11 is 0. The lowest BCUT2D eigenvalue weighted by atomic mass is 10.1. The molecule has 1 aliphatic rings. The van der Waals surface area contributed by atoms with Crippen molar-refractivity contribution in [1.82, 2.24) is 4.98 Å². The molecule has 5 heteroatoms. The minimum absolute atomic E-state index is 0.227. The van der Waals surface area contributed by atoms with Crippen LogP contribution in [0.15, 0.2) is 12.1 Å². The van der Waals surface area contributed by atoms with Crippen molar-refractivity contribution >= 4 is 11.5 Å². The molecule has 0 aromatic carbocycles. The largest absolute Gasteiger partial charge is 0.476 e. The number of anilines is 2. The maximum absolute atomic E-state index is 9.29. The first kappa shape index (κ1) is 13.0. The molecule has 1 heterocycles. The summed E-state index contributed by atoms with van der Waals surface area (Å²) in [6, 6.07) is 3.94. The second-order valence-electron chi connectivity index (χ2n) is 4.65. The first-order valence-corrected chi connectivity index (χ1v) is 6.51. The van der Waals surface area contributed by atoms with Crippen LogP contribution in [0.2, 0.25) is 0 Å². The van der Waals surface area contributed by atoms with Gasteiger partial charge < -0.3 is 20.9 Å². The van der Waals surface area contributed by atoms with Gasteiger partial charge in [0.15, 0.2) is 0 Å². The highest BCUT2D eigenvalue weighted by Crippen LogP contribution is 2.29. The third-order valence-corrected chi connectivity index (χ3v) is 3.40. The molecule has 0 aliphatic heterocycles. The summed E-state index contributed by atoms with van der Waals surface area (Å²) in [4.78, 5) is 4.35. The zero-order valence-corrected chi connectivity index (χ0v) is 10.7. The number of hydrogen-bond donors (Lipinski definition) is 3. The molecule has 1 fully saturated rings. The molecule has 0 spiro atoms. The lowest BCUT2D eigenvalue weighted by Crippen LogP contribution is -2.26. The predicted molar refractivity (Wildman–Crippen MR) is 71.7 cm³/mol. The van der Waals surface area contributed by atoms with E-state index in [2.05, 4.69) is 10.3 Å². The van der Waals surface area contributed by atoms with Crippen LogP contribution in [-0.4, -0.2) is 29.3 Å². The summed E-state index contributed by atoms with van der Waals surface area (Å²) in [5.41, 5.74) is 6.33. The van der Waals surface area contributed by atoms with Crippen molar-refractivity contribution in [3.05, 3.63) is 12.1 Å². The number of nitrogen functional groups attached to an aromatic ring is 1. The van der Waals surface area contributed by atoms with Gasteiger partial charge in [-0.15, -0.1) is 0 Å². The highest BCUT2D eigenvalue weighted by Gasteiger charge is 2.26. The standard InChI is InChI=1S/C13H21N3O2/c1-2-18-13-10(14)6-7-12(16-13)15-11-5-3-4-9(11)8-17/h6-7,9,11,17H,2-5,8,14H2,1H3,(H,15,16). The Balaban J connectivity index is 2.07.